The van der Waals surface area contributed by atoms with Gasteiger partial charge in [0, 0.05) is 31.5 Å². The molecule has 6 heteroatoms. The number of carbonyl (C=O) groups excluding carboxylic acids is 1. The van der Waals surface area contributed by atoms with Gasteiger partial charge in [-0.2, -0.15) is 0 Å². The number of hydrogen-bond acceptors (Lipinski definition) is 4. The van der Waals surface area contributed by atoms with Crippen LogP contribution in [0, 0.1) is 0 Å². The molecule has 0 aromatic carbocycles. The van der Waals surface area contributed by atoms with Crippen molar-refractivity contribution in [1.82, 2.24) is 20.2 Å². The predicted octanol–water partition coefficient (Wildman–Crippen LogP) is 2.22. The first-order chi connectivity index (χ1) is 10.2. The lowest BCUT2D eigenvalue weighted by atomic mass is 9.93. The van der Waals surface area contributed by atoms with Gasteiger partial charge in [0.1, 0.15) is 6.10 Å². The van der Waals surface area contributed by atoms with E-state index in [1.54, 1.807) is 18.6 Å². The van der Waals surface area contributed by atoms with Gasteiger partial charge in [0.2, 0.25) is 5.88 Å². The number of hydrogen-bond donors (Lipinski definition) is 1. The van der Waals surface area contributed by atoms with E-state index in [0.717, 1.165) is 38.8 Å². The molecule has 1 aliphatic rings. The number of nitrogens with zero attached hydrogens (tertiary/aromatic N) is 3. The molecule has 0 unspecified atom stereocenters. The van der Waals surface area contributed by atoms with Gasteiger partial charge in [-0.05, 0) is 39.5 Å². The summed E-state index contributed by atoms with van der Waals surface area (Å²) in [5, 5.41) is 3.11. The van der Waals surface area contributed by atoms with Crippen LogP contribution in [0.2, 0.25) is 0 Å². The predicted molar refractivity (Wildman–Crippen MR) is 80.2 cm³/mol. The number of aromatic nitrogens is 2. The highest BCUT2D eigenvalue weighted by Gasteiger charge is 2.24. The topological polar surface area (TPSA) is 67.4 Å². The van der Waals surface area contributed by atoms with E-state index in [0.29, 0.717) is 5.88 Å². The molecule has 2 amide bonds. The molecule has 1 N–H and O–H groups in total. The summed E-state index contributed by atoms with van der Waals surface area (Å²) in [6.07, 6.45) is 8.81. The molecule has 1 aromatic rings. The molecule has 0 atom stereocenters. The maximum absolute atomic E-state index is 12.0. The quantitative estimate of drug-likeness (QED) is 0.903. The van der Waals surface area contributed by atoms with Crippen LogP contribution in [-0.2, 0) is 0 Å². The van der Waals surface area contributed by atoms with Crippen LogP contribution in [0.15, 0.2) is 18.6 Å². The molecule has 1 fully saturated rings. The normalized spacial score (nSPS) is 21.6. The highest BCUT2D eigenvalue weighted by molar-refractivity contribution is 5.74. The SMILES string of the molecule is CCN(CC)C(=O)NC1CCC(Oc2cnccn2)CC1. The van der Waals surface area contributed by atoms with Gasteiger partial charge in [-0.1, -0.05) is 0 Å². The number of rotatable bonds is 5. The maximum atomic E-state index is 12.0. The molecule has 0 bridgehead atoms. The average molecular weight is 292 g/mol. The summed E-state index contributed by atoms with van der Waals surface area (Å²) in [6, 6.07) is 0.290. The summed E-state index contributed by atoms with van der Waals surface area (Å²) in [5.74, 6) is 0.577. The molecule has 1 aliphatic carbocycles. The van der Waals surface area contributed by atoms with Crippen LogP contribution < -0.4 is 10.1 Å². The second-order valence-electron chi connectivity index (χ2n) is 5.26. The molecule has 1 heterocycles. The van der Waals surface area contributed by atoms with E-state index < -0.39 is 0 Å². The van der Waals surface area contributed by atoms with Crippen molar-refractivity contribution in [1.29, 1.82) is 0 Å². The molecule has 0 aliphatic heterocycles. The highest BCUT2D eigenvalue weighted by atomic mass is 16.5. The number of amides is 2. The third kappa shape index (κ3) is 4.58. The van der Waals surface area contributed by atoms with Crippen molar-refractivity contribution < 1.29 is 9.53 Å². The summed E-state index contributed by atoms with van der Waals surface area (Å²) < 4.78 is 5.80. The zero-order valence-electron chi connectivity index (χ0n) is 12.8. The summed E-state index contributed by atoms with van der Waals surface area (Å²) in [6.45, 7) is 5.48. The monoisotopic (exact) mass is 292 g/mol. The molecule has 21 heavy (non-hydrogen) atoms. The van der Waals surface area contributed by atoms with Crippen molar-refractivity contribution in [2.45, 2.75) is 51.7 Å². The minimum Gasteiger partial charge on any atom is -0.473 e. The smallest absolute Gasteiger partial charge is 0.317 e. The molecule has 6 nitrogen and oxygen atoms in total. The van der Waals surface area contributed by atoms with E-state index in [4.69, 9.17) is 4.74 Å². The van der Waals surface area contributed by atoms with E-state index in [2.05, 4.69) is 15.3 Å². The Labute approximate surface area is 125 Å². The summed E-state index contributed by atoms with van der Waals surface area (Å²) >= 11 is 0. The van der Waals surface area contributed by atoms with Gasteiger partial charge in [0.05, 0.1) is 6.20 Å². The largest absolute Gasteiger partial charge is 0.473 e. The molecule has 2 rings (SSSR count). The lowest BCUT2D eigenvalue weighted by Gasteiger charge is -2.30. The summed E-state index contributed by atoms with van der Waals surface area (Å²) in [5.41, 5.74) is 0. The van der Waals surface area contributed by atoms with Gasteiger partial charge in [-0.25, -0.2) is 9.78 Å². The second kappa shape index (κ2) is 7.81. The number of carbonyl (C=O) groups is 1. The molecule has 0 spiro atoms. The van der Waals surface area contributed by atoms with Gasteiger partial charge in [0.25, 0.3) is 0 Å². The van der Waals surface area contributed by atoms with Crippen LogP contribution in [0.3, 0.4) is 0 Å². The van der Waals surface area contributed by atoms with Crippen molar-refractivity contribution in [2.75, 3.05) is 13.1 Å². The average Bonchev–Trinajstić information content (AvgIpc) is 2.51. The van der Waals surface area contributed by atoms with Crippen LogP contribution in [0.25, 0.3) is 0 Å². The Hall–Kier alpha value is -1.85. The van der Waals surface area contributed by atoms with Crippen LogP contribution in [-0.4, -0.2) is 46.1 Å². The Balaban J connectivity index is 1.74. The van der Waals surface area contributed by atoms with Gasteiger partial charge >= 0.3 is 6.03 Å². The molecule has 116 valence electrons. The number of nitrogens with one attached hydrogen (secondary N) is 1. The van der Waals surface area contributed by atoms with Gasteiger partial charge in [-0.3, -0.25) is 4.98 Å². The lowest BCUT2D eigenvalue weighted by Crippen LogP contribution is -2.46. The zero-order chi connectivity index (χ0) is 15.1. The van der Waals surface area contributed by atoms with Crippen molar-refractivity contribution in [3.05, 3.63) is 18.6 Å². The first-order valence-electron chi connectivity index (χ1n) is 7.71. The van der Waals surface area contributed by atoms with Crippen LogP contribution >= 0.6 is 0 Å². The molecular formula is C15H24N4O2. The number of ether oxygens (including phenoxy) is 1. The minimum absolute atomic E-state index is 0.0401. The Bertz CT molecular complexity index is 429. The fraction of sp³-hybridized carbons (Fsp3) is 0.667. The van der Waals surface area contributed by atoms with E-state index in [-0.39, 0.29) is 18.2 Å². The maximum Gasteiger partial charge on any atom is 0.317 e. The van der Waals surface area contributed by atoms with E-state index >= 15 is 0 Å². The Morgan fingerprint density at radius 3 is 2.57 bits per heavy atom. The van der Waals surface area contributed by atoms with Gasteiger partial charge < -0.3 is 15.0 Å². The van der Waals surface area contributed by atoms with Gasteiger partial charge in [0.15, 0.2) is 0 Å². The molecule has 0 saturated heterocycles. The van der Waals surface area contributed by atoms with Crippen molar-refractivity contribution >= 4 is 6.03 Å². The molecule has 0 radical (unpaired) electrons. The minimum atomic E-state index is 0.0401. The lowest BCUT2D eigenvalue weighted by molar-refractivity contribution is 0.131. The van der Waals surface area contributed by atoms with Crippen molar-refractivity contribution in [3.63, 3.8) is 0 Å². The van der Waals surface area contributed by atoms with Crippen molar-refractivity contribution in [3.8, 4) is 5.88 Å². The third-order valence-electron chi connectivity index (χ3n) is 3.88. The van der Waals surface area contributed by atoms with Crippen LogP contribution in [0.1, 0.15) is 39.5 Å². The Kier molecular flexibility index (Phi) is 5.78. The summed E-state index contributed by atoms with van der Waals surface area (Å²) in [7, 11) is 0. The fourth-order valence-corrected chi connectivity index (χ4v) is 2.62. The standard InChI is InChI=1S/C15H24N4O2/c1-3-19(4-2)15(20)18-12-5-7-13(8-6-12)21-14-11-16-9-10-17-14/h9-13H,3-8H2,1-2H3,(H,18,20). The fourth-order valence-electron chi connectivity index (χ4n) is 2.62. The van der Waals surface area contributed by atoms with E-state index in [1.807, 2.05) is 18.7 Å². The van der Waals surface area contributed by atoms with E-state index in [9.17, 15) is 4.79 Å². The van der Waals surface area contributed by atoms with Crippen molar-refractivity contribution in [2.24, 2.45) is 0 Å². The first kappa shape index (κ1) is 15.5. The third-order valence-corrected chi connectivity index (χ3v) is 3.88. The second-order valence-corrected chi connectivity index (χ2v) is 5.26. The van der Waals surface area contributed by atoms with Gasteiger partial charge in [-0.15, -0.1) is 0 Å². The molecular weight excluding hydrogens is 268 g/mol. The highest BCUT2D eigenvalue weighted by Crippen LogP contribution is 2.22. The first-order valence-corrected chi connectivity index (χ1v) is 7.71. The summed E-state index contributed by atoms with van der Waals surface area (Å²) in [4.78, 5) is 21.9. The number of urea groups is 1. The molecule has 1 aromatic heterocycles. The Morgan fingerprint density at radius 1 is 1.29 bits per heavy atom. The van der Waals surface area contributed by atoms with Crippen LogP contribution in [0.5, 0.6) is 5.88 Å². The molecule has 1 saturated carbocycles. The Morgan fingerprint density at radius 2 is 2.00 bits per heavy atom. The van der Waals surface area contributed by atoms with Crippen LogP contribution in [0.4, 0.5) is 4.79 Å². The zero-order valence-corrected chi connectivity index (χ0v) is 12.8. The van der Waals surface area contributed by atoms with E-state index in [1.165, 1.54) is 0 Å².